The van der Waals surface area contributed by atoms with Crippen LogP contribution in [-0.2, 0) is 6.54 Å². The van der Waals surface area contributed by atoms with E-state index in [-0.39, 0.29) is 11.6 Å². The third kappa shape index (κ3) is 4.93. The number of aromatic nitrogens is 2. The molecule has 10 heteroatoms. The predicted molar refractivity (Wildman–Crippen MR) is 138 cm³/mol. The number of para-hydroxylation sites is 2. The Bertz CT molecular complexity index is 1420. The number of nitrogens with one attached hydrogen (secondary N) is 1. The third-order valence-corrected chi connectivity index (χ3v) is 6.20. The van der Waals surface area contributed by atoms with Crippen LogP contribution in [0.25, 0.3) is 10.9 Å². The summed E-state index contributed by atoms with van der Waals surface area (Å²) in [6, 6.07) is 21.3. The van der Waals surface area contributed by atoms with Crippen LogP contribution in [0.3, 0.4) is 0 Å². The van der Waals surface area contributed by atoms with Gasteiger partial charge in [-0.1, -0.05) is 30.3 Å². The number of nitrogens with two attached hydrogens (primary N) is 1. The lowest BCUT2D eigenvalue weighted by atomic mass is 10.1. The maximum atomic E-state index is 13.1. The highest BCUT2D eigenvalue weighted by atomic mass is 16.6. The van der Waals surface area contributed by atoms with Gasteiger partial charge in [0, 0.05) is 48.9 Å². The maximum Gasteiger partial charge on any atom is 0.293 e. The number of anilines is 3. The first-order valence-electron chi connectivity index (χ1n) is 11.6. The number of rotatable bonds is 6. The molecule has 1 amide bonds. The Labute approximate surface area is 207 Å². The number of hydrogen-bond acceptors (Lipinski definition) is 8. The predicted octanol–water partition coefficient (Wildman–Crippen LogP) is 3.82. The van der Waals surface area contributed by atoms with Crippen molar-refractivity contribution in [2.45, 2.75) is 6.54 Å². The molecule has 0 aliphatic carbocycles. The molecule has 10 nitrogen and oxygen atoms in total. The standard InChI is InChI=1S/C26H25N7O3/c27-25-20-8-4-5-9-21(20)29-24(30-25)17-31-12-14-32(15-13-31)26(34)18-10-11-22(23(16-18)33(35)36)28-19-6-2-1-3-7-19/h1-11,16,28H,12-15,17H2,(H2,27,29,30). The molecule has 182 valence electrons. The van der Waals surface area contributed by atoms with E-state index in [4.69, 9.17) is 5.73 Å². The molecule has 0 saturated carbocycles. The number of nitrogen functional groups attached to an aromatic ring is 1. The van der Waals surface area contributed by atoms with E-state index in [1.54, 1.807) is 17.0 Å². The van der Waals surface area contributed by atoms with Crippen LogP contribution < -0.4 is 11.1 Å². The molecule has 1 aliphatic rings. The first kappa shape index (κ1) is 23.2. The van der Waals surface area contributed by atoms with E-state index in [9.17, 15) is 14.9 Å². The molecule has 2 heterocycles. The van der Waals surface area contributed by atoms with E-state index >= 15 is 0 Å². The van der Waals surface area contributed by atoms with Gasteiger partial charge in [0.25, 0.3) is 11.6 Å². The molecule has 1 aromatic heterocycles. The smallest absolute Gasteiger partial charge is 0.293 e. The summed E-state index contributed by atoms with van der Waals surface area (Å²) in [4.78, 5) is 37.3. The Balaban J connectivity index is 1.24. The summed E-state index contributed by atoms with van der Waals surface area (Å²) in [6.07, 6.45) is 0. The van der Waals surface area contributed by atoms with Crippen molar-refractivity contribution in [1.82, 2.24) is 19.8 Å². The number of benzene rings is 3. The van der Waals surface area contributed by atoms with Gasteiger partial charge in [-0.25, -0.2) is 9.97 Å². The van der Waals surface area contributed by atoms with Crippen LogP contribution >= 0.6 is 0 Å². The highest BCUT2D eigenvalue weighted by Crippen LogP contribution is 2.29. The van der Waals surface area contributed by atoms with Gasteiger partial charge in [-0.05, 0) is 36.4 Å². The van der Waals surface area contributed by atoms with Gasteiger partial charge < -0.3 is 16.0 Å². The largest absolute Gasteiger partial charge is 0.383 e. The van der Waals surface area contributed by atoms with E-state index in [0.717, 1.165) is 16.6 Å². The molecule has 1 fully saturated rings. The topological polar surface area (TPSA) is 131 Å². The summed E-state index contributed by atoms with van der Waals surface area (Å²) < 4.78 is 0. The lowest BCUT2D eigenvalue weighted by molar-refractivity contribution is -0.383. The van der Waals surface area contributed by atoms with Crippen LogP contribution in [0.2, 0.25) is 0 Å². The van der Waals surface area contributed by atoms with Crippen LogP contribution in [0.1, 0.15) is 16.2 Å². The van der Waals surface area contributed by atoms with E-state index in [2.05, 4.69) is 20.2 Å². The molecule has 36 heavy (non-hydrogen) atoms. The van der Waals surface area contributed by atoms with Crippen LogP contribution in [0, 0.1) is 10.1 Å². The van der Waals surface area contributed by atoms with Crippen LogP contribution in [0.15, 0.2) is 72.8 Å². The minimum Gasteiger partial charge on any atom is -0.383 e. The van der Waals surface area contributed by atoms with Crippen LogP contribution in [0.4, 0.5) is 22.9 Å². The molecule has 1 aliphatic heterocycles. The second-order valence-corrected chi connectivity index (χ2v) is 8.59. The summed E-state index contributed by atoms with van der Waals surface area (Å²) in [5.74, 6) is 0.870. The first-order chi connectivity index (χ1) is 17.5. The fourth-order valence-electron chi connectivity index (χ4n) is 4.31. The van der Waals surface area contributed by atoms with Gasteiger partial charge in [0.2, 0.25) is 0 Å². The molecule has 3 aromatic carbocycles. The number of carbonyl (C=O) groups excluding carboxylic acids is 1. The number of nitro groups is 1. The zero-order chi connectivity index (χ0) is 25.1. The number of nitrogens with zero attached hydrogens (tertiary/aromatic N) is 5. The highest BCUT2D eigenvalue weighted by Gasteiger charge is 2.25. The van der Waals surface area contributed by atoms with Gasteiger partial charge in [-0.15, -0.1) is 0 Å². The van der Waals surface area contributed by atoms with Gasteiger partial charge in [0.05, 0.1) is 17.0 Å². The summed E-state index contributed by atoms with van der Waals surface area (Å²) in [6.45, 7) is 2.80. The Morgan fingerprint density at radius 2 is 1.69 bits per heavy atom. The van der Waals surface area contributed by atoms with Gasteiger partial charge in [0.15, 0.2) is 0 Å². The monoisotopic (exact) mass is 483 g/mol. The molecule has 0 spiro atoms. The van der Waals surface area contributed by atoms with Crippen molar-refractivity contribution in [3.63, 3.8) is 0 Å². The molecule has 0 atom stereocenters. The zero-order valence-corrected chi connectivity index (χ0v) is 19.5. The average molecular weight is 484 g/mol. The highest BCUT2D eigenvalue weighted by molar-refractivity contribution is 5.96. The van der Waals surface area contributed by atoms with Crippen molar-refractivity contribution in [3.8, 4) is 0 Å². The van der Waals surface area contributed by atoms with Crippen molar-refractivity contribution in [3.05, 3.63) is 94.3 Å². The van der Waals surface area contributed by atoms with E-state index < -0.39 is 4.92 Å². The Morgan fingerprint density at radius 3 is 2.44 bits per heavy atom. The molecular formula is C26H25N7O3. The summed E-state index contributed by atoms with van der Waals surface area (Å²) in [5.41, 5.74) is 8.12. The van der Waals surface area contributed by atoms with Crippen LogP contribution in [-0.4, -0.2) is 56.8 Å². The Hall–Kier alpha value is -4.57. The summed E-state index contributed by atoms with van der Waals surface area (Å²) in [5, 5.41) is 15.6. The van der Waals surface area contributed by atoms with E-state index in [0.29, 0.717) is 55.6 Å². The molecule has 5 rings (SSSR count). The second kappa shape index (κ2) is 9.96. The zero-order valence-electron chi connectivity index (χ0n) is 19.5. The van der Waals surface area contributed by atoms with Crippen molar-refractivity contribution in [1.29, 1.82) is 0 Å². The number of amides is 1. The average Bonchev–Trinajstić information content (AvgIpc) is 2.89. The van der Waals surface area contributed by atoms with E-state index in [1.807, 2.05) is 54.6 Å². The van der Waals surface area contributed by atoms with Crippen molar-refractivity contribution < 1.29 is 9.72 Å². The van der Waals surface area contributed by atoms with Gasteiger partial charge >= 0.3 is 0 Å². The van der Waals surface area contributed by atoms with Crippen LogP contribution in [0.5, 0.6) is 0 Å². The van der Waals surface area contributed by atoms with Crippen molar-refractivity contribution >= 4 is 39.7 Å². The Morgan fingerprint density at radius 1 is 0.972 bits per heavy atom. The van der Waals surface area contributed by atoms with Gasteiger partial charge in [-0.2, -0.15) is 0 Å². The molecule has 0 unspecified atom stereocenters. The molecule has 4 aromatic rings. The number of hydrogen-bond donors (Lipinski definition) is 2. The Kier molecular flexibility index (Phi) is 6.42. The lowest BCUT2D eigenvalue weighted by Crippen LogP contribution is -2.48. The summed E-state index contributed by atoms with van der Waals surface area (Å²) in [7, 11) is 0. The van der Waals surface area contributed by atoms with Gasteiger partial charge in [-0.3, -0.25) is 19.8 Å². The molecule has 3 N–H and O–H groups in total. The number of fused-ring (bicyclic) bond motifs is 1. The fraction of sp³-hybridized carbons (Fsp3) is 0.192. The minimum atomic E-state index is -0.477. The molecular weight excluding hydrogens is 458 g/mol. The van der Waals surface area contributed by atoms with E-state index in [1.165, 1.54) is 6.07 Å². The normalized spacial score (nSPS) is 14.1. The maximum absolute atomic E-state index is 13.1. The summed E-state index contributed by atoms with van der Waals surface area (Å²) >= 11 is 0. The quantitative estimate of drug-likeness (QED) is 0.313. The fourth-order valence-corrected chi connectivity index (χ4v) is 4.31. The van der Waals surface area contributed by atoms with Gasteiger partial charge in [0.1, 0.15) is 17.3 Å². The number of piperazine rings is 1. The molecule has 1 saturated heterocycles. The minimum absolute atomic E-state index is 0.144. The molecule has 0 bridgehead atoms. The van der Waals surface area contributed by atoms with Crippen molar-refractivity contribution in [2.24, 2.45) is 0 Å². The molecule has 0 radical (unpaired) electrons. The SMILES string of the molecule is Nc1nc(CN2CCN(C(=O)c3ccc(Nc4ccccc4)c([N+](=O)[O-])c3)CC2)nc2ccccc12. The number of carbonyl (C=O) groups is 1. The first-order valence-corrected chi connectivity index (χ1v) is 11.6. The lowest BCUT2D eigenvalue weighted by Gasteiger charge is -2.34. The van der Waals surface area contributed by atoms with Crippen molar-refractivity contribution in [2.75, 3.05) is 37.2 Å². The third-order valence-electron chi connectivity index (χ3n) is 6.20. The number of nitro benzene ring substituents is 1. The second-order valence-electron chi connectivity index (χ2n) is 8.59.